The number of nitrogens with zero attached hydrogens (tertiary/aromatic N) is 1. The molecule has 0 radical (unpaired) electrons. The Labute approximate surface area is 111 Å². The minimum atomic E-state index is -0.329. The molecular formula is C15H13N3O. The van der Waals surface area contributed by atoms with Gasteiger partial charge in [0.25, 0.3) is 5.91 Å². The first-order valence-electron chi connectivity index (χ1n) is 5.74. The number of carbonyl (C=O) groups excluding carboxylic acids is 1. The Morgan fingerprint density at radius 3 is 2.84 bits per heavy atom. The van der Waals surface area contributed by atoms with Gasteiger partial charge in [-0.3, -0.25) is 15.2 Å². The van der Waals surface area contributed by atoms with Crippen molar-refractivity contribution in [2.24, 2.45) is 5.84 Å². The number of aromatic nitrogens is 1. The summed E-state index contributed by atoms with van der Waals surface area (Å²) >= 11 is 0. The van der Waals surface area contributed by atoms with Crippen molar-refractivity contribution in [3.05, 3.63) is 65.0 Å². The average Bonchev–Trinajstić information content (AvgIpc) is 2.46. The van der Waals surface area contributed by atoms with E-state index in [9.17, 15) is 4.79 Å². The highest BCUT2D eigenvalue weighted by Gasteiger charge is 2.04. The number of nitrogen functional groups attached to an aromatic ring is 1. The van der Waals surface area contributed by atoms with Crippen molar-refractivity contribution in [1.82, 2.24) is 10.4 Å². The number of nitrogens with two attached hydrogens (primary N) is 1. The number of nitrogens with one attached hydrogen (secondary N) is 1. The lowest BCUT2D eigenvalue weighted by atomic mass is 10.0. The Hall–Kier alpha value is -2.64. The molecule has 0 spiro atoms. The van der Waals surface area contributed by atoms with Crippen molar-refractivity contribution >= 4 is 5.91 Å². The number of pyridine rings is 1. The Morgan fingerprint density at radius 2 is 2.16 bits per heavy atom. The minimum absolute atomic E-state index is 0.329. The number of aryl methyl sites for hydroxylation is 1. The first-order valence-corrected chi connectivity index (χ1v) is 5.74. The second-order valence-electron chi connectivity index (χ2n) is 3.99. The molecule has 2 rings (SSSR count). The van der Waals surface area contributed by atoms with E-state index in [1.807, 2.05) is 25.1 Å². The molecule has 4 heteroatoms. The molecular weight excluding hydrogens is 238 g/mol. The van der Waals surface area contributed by atoms with E-state index >= 15 is 0 Å². The third-order valence-electron chi connectivity index (χ3n) is 2.63. The summed E-state index contributed by atoms with van der Waals surface area (Å²) in [5.74, 6) is 10.8. The lowest BCUT2D eigenvalue weighted by Crippen LogP contribution is -2.30. The SMILES string of the molecule is Cc1ccc(C(=O)NN)cc1C#Cc1cccnc1. The van der Waals surface area contributed by atoms with Crippen LogP contribution >= 0.6 is 0 Å². The van der Waals surface area contributed by atoms with Gasteiger partial charge in [-0.05, 0) is 36.8 Å². The number of carbonyl (C=O) groups is 1. The van der Waals surface area contributed by atoms with Crippen molar-refractivity contribution in [2.45, 2.75) is 6.92 Å². The van der Waals surface area contributed by atoms with Gasteiger partial charge in [-0.15, -0.1) is 0 Å². The number of hydrogen-bond acceptors (Lipinski definition) is 3. The maximum Gasteiger partial charge on any atom is 0.265 e. The van der Waals surface area contributed by atoms with Crippen LogP contribution in [-0.2, 0) is 0 Å². The van der Waals surface area contributed by atoms with E-state index in [0.717, 1.165) is 16.7 Å². The molecule has 2 aromatic rings. The molecule has 0 aliphatic heterocycles. The Balaban J connectivity index is 2.35. The zero-order valence-electron chi connectivity index (χ0n) is 10.5. The van der Waals surface area contributed by atoms with Gasteiger partial charge >= 0.3 is 0 Å². The molecule has 1 aromatic carbocycles. The summed E-state index contributed by atoms with van der Waals surface area (Å²) in [4.78, 5) is 15.5. The maximum atomic E-state index is 11.5. The number of hydrogen-bond donors (Lipinski definition) is 2. The molecule has 0 bridgehead atoms. The van der Waals surface area contributed by atoms with Gasteiger partial charge in [-0.25, -0.2) is 5.84 Å². The van der Waals surface area contributed by atoms with Gasteiger partial charge in [0, 0.05) is 29.1 Å². The molecule has 0 unspecified atom stereocenters. The van der Waals surface area contributed by atoms with Crippen LogP contribution in [0.25, 0.3) is 0 Å². The summed E-state index contributed by atoms with van der Waals surface area (Å²) in [6.45, 7) is 1.94. The molecule has 3 N–H and O–H groups in total. The van der Waals surface area contributed by atoms with Gasteiger partial charge in [-0.1, -0.05) is 17.9 Å². The molecule has 4 nitrogen and oxygen atoms in total. The first kappa shape index (κ1) is 12.8. The zero-order valence-corrected chi connectivity index (χ0v) is 10.5. The topological polar surface area (TPSA) is 68.0 Å². The van der Waals surface area contributed by atoms with Crippen LogP contribution in [0.4, 0.5) is 0 Å². The molecule has 1 amide bonds. The smallest absolute Gasteiger partial charge is 0.265 e. The number of hydrazine groups is 1. The summed E-state index contributed by atoms with van der Waals surface area (Å²) < 4.78 is 0. The standard InChI is InChI=1S/C15H13N3O/c1-11-4-6-14(15(19)18-16)9-13(11)7-5-12-3-2-8-17-10-12/h2-4,6,8-10H,16H2,1H3,(H,18,19). The molecule has 0 aliphatic rings. The molecule has 0 atom stereocenters. The zero-order chi connectivity index (χ0) is 13.7. The van der Waals surface area contributed by atoms with Gasteiger partial charge in [-0.2, -0.15) is 0 Å². The van der Waals surface area contributed by atoms with Crippen LogP contribution in [0.5, 0.6) is 0 Å². The monoisotopic (exact) mass is 251 g/mol. The molecule has 19 heavy (non-hydrogen) atoms. The van der Waals surface area contributed by atoms with E-state index in [2.05, 4.69) is 22.3 Å². The van der Waals surface area contributed by atoms with Gasteiger partial charge in [0.05, 0.1) is 0 Å². The molecule has 1 aromatic heterocycles. The van der Waals surface area contributed by atoms with Crippen molar-refractivity contribution in [1.29, 1.82) is 0 Å². The molecule has 0 aliphatic carbocycles. The highest BCUT2D eigenvalue weighted by Crippen LogP contribution is 2.10. The molecule has 0 saturated carbocycles. The van der Waals surface area contributed by atoms with Crippen LogP contribution < -0.4 is 11.3 Å². The summed E-state index contributed by atoms with van der Waals surface area (Å²) in [5, 5.41) is 0. The third kappa shape index (κ3) is 3.18. The van der Waals surface area contributed by atoms with Gasteiger partial charge in [0.15, 0.2) is 0 Å². The Morgan fingerprint density at radius 1 is 1.32 bits per heavy atom. The lowest BCUT2D eigenvalue weighted by Gasteiger charge is -2.02. The second-order valence-corrected chi connectivity index (χ2v) is 3.99. The summed E-state index contributed by atoms with van der Waals surface area (Å²) in [6.07, 6.45) is 3.39. The fourth-order valence-electron chi connectivity index (χ4n) is 1.56. The average molecular weight is 251 g/mol. The van der Waals surface area contributed by atoms with Crippen molar-refractivity contribution in [2.75, 3.05) is 0 Å². The molecule has 0 saturated heterocycles. The fourth-order valence-corrected chi connectivity index (χ4v) is 1.56. The van der Waals surface area contributed by atoms with Gasteiger partial charge in [0.1, 0.15) is 0 Å². The number of rotatable bonds is 1. The van der Waals surface area contributed by atoms with E-state index in [4.69, 9.17) is 5.84 Å². The van der Waals surface area contributed by atoms with Crippen LogP contribution in [0.3, 0.4) is 0 Å². The molecule has 0 fully saturated rings. The van der Waals surface area contributed by atoms with E-state index in [0.29, 0.717) is 5.56 Å². The van der Waals surface area contributed by atoms with Crippen LogP contribution in [0.2, 0.25) is 0 Å². The van der Waals surface area contributed by atoms with Crippen LogP contribution in [0.1, 0.15) is 27.0 Å². The molecule has 94 valence electrons. The number of benzene rings is 1. The predicted octanol–water partition coefficient (Wildman–Crippen LogP) is 1.39. The molecule has 1 heterocycles. The maximum absolute atomic E-state index is 11.5. The van der Waals surface area contributed by atoms with E-state index in [-0.39, 0.29) is 5.91 Å². The van der Waals surface area contributed by atoms with Crippen LogP contribution in [0.15, 0.2) is 42.7 Å². The van der Waals surface area contributed by atoms with Crippen molar-refractivity contribution in [3.8, 4) is 11.8 Å². The van der Waals surface area contributed by atoms with Crippen LogP contribution in [0, 0.1) is 18.8 Å². The van der Waals surface area contributed by atoms with E-state index < -0.39 is 0 Å². The minimum Gasteiger partial charge on any atom is -0.290 e. The van der Waals surface area contributed by atoms with Gasteiger partial charge < -0.3 is 0 Å². The highest BCUT2D eigenvalue weighted by atomic mass is 16.2. The Bertz CT molecular complexity index is 654. The van der Waals surface area contributed by atoms with Crippen molar-refractivity contribution < 1.29 is 4.79 Å². The second kappa shape index (κ2) is 5.80. The van der Waals surface area contributed by atoms with Crippen molar-refractivity contribution in [3.63, 3.8) is 0 Å². The summed E-state index contributed by atoms with van der Waals surface area (Å²) in [7, 11) is 0. The quantitative estimate of drug-likeness (QED) is 0.348. The fraction of sp³-hybridized carbons (Fsp3) is 0.0667. The highest BCUT2D eigenvalue weighted by molar-refractivity contribution is 5.94. The van der Waals surface area contributed by atoms with Gasteiger partial charge in [0.2, 0.25) is 0 Å². The number of amides is 1. The summed E-state index contributed by atoms with van der Waals surface area (Å²) in [5.41, 5.74) is 5.22. The van der Waals surface area contributed by atoms with E-state index in [1.54, 1.807) is 24.5 Å². The Kier molecular flexibility index (Phi) is 3.91. The lowest BCUT2D eigenvalue weighted by molar-refractivity contribution is 0.0953. The summed E-state index contributed by atoms with van der Waals surface area (Å²) in [6, 6.07) is 8.99. The third-order valence-corrected chi connectivity index (χ3v) is 2.63. The van der Waals surface area contributed by atoms with E-state index in [1.165, 1.54) is 0 Å². The van der Waals surface area contributed by atoms with Crippen LogP contribution in [-0.4, -0.2) is 10.9 Å². The largest absolute Gasteiger partial charge is 0.290 e. The first-order chi connectivity index (χ1) is 9.20. The predicted molar refractivity (Wildman–Crippen MR) is 73.0 cm³/mol. The normalized spacial score (nSPS) is 9.37.